The maximum Gasteiger partial charge on any atom is 0.103 e. The molecule has 1 fully saturated rings. The summed E-state index contributed by atoms with van der Waals surface area (Å²) in [5.74, 6) is 0.672. The van der Waals surface area contributed by atoms with E-state index < -0.39 is 0 Å². The molecule has 4 nitrogen and oxygen atoms in total. The van der Waals surface area contributed by atoms with Gasteiger partial charge in [-0.15, -0.1) is 0 Å². The lowest BCUT2D eigenvalue weighted by molar-refractivity contribution is 0.376. The van der Waals surface area contributed by atoms with Gasteiger partial charge < -0.3 is 10.2 Å². The van der Waals surface area contributed by atoms with Gasteiger partial charge >= 0.3 is 0 Å². The Balaban J connectivity index is 2.26. The predicted molar refractivity (Wildman–Crippen MR) is 86.5 cm³/mol. The minimum atomic E-state index is 0.672. The maximum atomic E-state index is 9.48. The fourth-order valence-electron chi connectivity index (χ4n) is 3.17. The van der Waals surface area contributed by atoms with Gasteiger partial charge in [-0.3, -0.25) is 4.98 Å². The number of hydrogen-bond donors (Lipinski definition) is 1. The molecule has 1 aliphatic heterocycles. The summed E-state index contributed by atoms with van der Waals surface area (Å²) >= 11 is 0. The van der Waals surface area contributed by atoms with Crippen LogP contribution in [0.3, 0.4) is 0 Å². The molecule has 2 rings (SSSR count). The van der Waals surface area contributed by atoms with Crippen molar-refractivity contribution in [3.8, 4) is 6.07 Å². The number of nitrogens with one attached hydrogen (secondary N) is 1. The van der Waals surface area contributed by atoms with Crippen LogP contribution in [0.1, 0.15) is 43.1 Å². The Morgan fingerprint density at radius 3 is 2.90 bits per heavy atom. The molecule has 1 atom stereocenters. The first-order valence-corrected chi connectivity index (χ1v) is 7.99. The average molecular weight is 286 g/mol. The van der Waals surface area contributed by atoms with Crippen molar-refractivity contribution in [1.82, 2.24) is 10.3 Å². The number of piperidine rings is 1. The van der Waals surface area contributed by atoms with Gasteiger partial charge in [0, 0.05) is 18.8 Å². The minimum Gasteiger partial charge on any atom is -0.370 e. The van der Waals surface area contributed by atoms with Gasteiger partial charge in [-0.2, -0.15) is 5.26 Å². The Morgan fingerprint density at radius 2 is 2.29 bits per heavy atom. The third-order valence-electron chi connectivity index (χ3n) is 4.13. The van der Waals surface area contributed by atoms with Crippen LogP contribution < -0.4 is 10.2 Å². The van der Waals surface area contributed by atoms with Crippen LogP contribution in [0.15, 0.2) is 6.07 Å². The third-order valence-corrected chi connectivity index (χ3v) is 4.13. The van der Waals surface area contributed by atoms with E-state index in [1.807, 2.05) is 13.8 Å². The van der Waals surface area contributed by atoms with E-state index in [4.69, 9.17) is 0 Å². The third kappa shape index (κ3) is 3.95. The minimum absolute atomic E-state index is 0.672. The number of nitriles is 1. The van der Waals surface area contributed by atoms with Crippen LogP contribution in [0, 0.1) is 31.1 Å². The number of hydrogen-bond acceptors (Lipinski definition) is 4. The summed E-state index contributed by atoms with van der Waals surface area (Å²) in [6.07, 6.45) is 3.62. The van der Waals surface area contributed by atoms with E-state index in [1.54, 1.807) is 0 Å². The maximum absolute atomic E-state index is 9.48. The number of rotatable bonds is 5. The second-order valence-corrected chi connectivity index (χ2v) is 6.01. The molecule has 0 spiro atoms. The topological polar surface area (TPSA) is 52.0 Å². The van der Waals surface area contributed by atoms with Gasteiger partial charge in [0.25, 0.3) is 0 Å². The predicted octanol–water partition coefficient (Wildman–Crippen LogP) is 2.79. The van der Waals surface area contributed by atoms with Crippen molar-refractivity contribution in [2.24, 2.45) is 5.92 Å². The molecule has 2 heterocycles. The lowest BCUT2D eigenvalue weighted by Crippen LogP contribution is -2.39. The highest BCUT2D eigenvalue weighted by atomic mass is 15.1. The summed E-state index contributed by atoms with van der Waals surface area (Å²) in [6, 6.07) is 4.41. The van der Waals surface area contributed by atoms with Crippen molar-refractivity contribution >= 4 is 5.69 Å². The number of nitrogens with zero attached hydrogens (tertiary/aromatic N) is 3. The van der Waals surface area contributed by atoms with Gasteiger partial charge in [-0.25, -0.2) is 0 Å². The summed E-state index contributed by atoms with van der Waals surface area (Å²) in [7, 11) is 0. The zero-order chi connectivity index (χ0) is 15.2. The molecule has 1 N–H and O–H groups in total. The lowest BCUT2D eigenvalue weighted by Gasteiger charge is -2.32. The molecule has 0 aromatic carbocycles. The first-order valence-electron chi connectivity index (χ1n) is 7.99. The van der Waals surface area contributed by atoms with Crippen molar-refractivity contribution in [3.05, 3.63) is 23.0 Å². The quantitative estimate of drug-likeness (QED) is 0.904. The summed E-state index contributed by atoms with van der Waals surface area (Å²) in [5, 5.41) is 13.0. The van der Waals surface area contributed by atoms with E-state index in [0.717, 1.165) is 55.2 Å². The second-order valence-electron chi connectivity index (χ2n) is 6.01. The van der Waals surface area contributed by atoms with Gasteiger partial charge in [0.15, 0.2) is 0 Å². The van der Waals surface area contributed by atoms with E-state index in [9.17, 15) is 5.26 Å². The molecule has 0 aliphatic carbocycles. The highest BCUT2D eigenvalue weighted by Crippen LogP contribution is 2.25. The van der Waals surface area contributed by atoms with Crippen LogP contribution in [0.25, 0.3) is 0 Å². The molecular weight excluding hydrogens is 260 g/mol. The van der Waals surface area contributed by atoms with Crippen LogP contribution in [0.4, 0.5) is 5.69 Å². The molecule has 1 unspecified atom stereocenters. The van der Waals surface area contributed by atoms with Crippen LogP contribution >= 0.6 is 0 Å². The number of aryl methyl sites for hydroxylation is 2. The lowest BCUT2D eigenvalue weighted by atomic mass is 9.98. The molecular formula is C17H26N4. The Hall–Kier alpha value is -1.60. The molecule has 1 aromatic rings. The van der Waals surface area contributed by atoms with Gasteiger partial charge in [0.05, 0.1) is 16.9 Å². The fourth-order valence-corrected chi connectivity index (χ4v) is 3.17. The van der Waals surface area contributed by atoms with E-state index in [2.05, 4.69) is 34.3 Å². The van der Waals surface area contributed by atoms with E-state index in [1.165, 1.54) is 12.8 Å². The number of aromatic nitrogens is 1. The highest BCUT2D eigenvalue weighted by Gasteiger charge is 2.20. The summed E-state index contributed by atoms with van der Waals surface area (Å²) in [6.45, 7) is 10.4. The van der Waals surface area contributed by atoms with Crippen molar-refractivity contribution in [2.45, 2.75) is 40.0 Å². The smallest absolute Gasteiger partial charge is 0.103 e. The van der Waals surface area contributed by atoms with E-state index in [-0.39, 0.29) is 0 Å². The monoisotopic (exact) mass is 286 g/mol. The largest absolute Gasteiger partial charge is 0.370 e. The van der Waals surface area contributed by atoms with Crippen LogP contribution in [-0.4, -0.2) is 31.2 Å². The van der Waals surface area contributed by atoms with Crippen molar-refractivity contribution in [3.63, 3.8) is 0 Å². The van der Waals surface area contributed by atoms with E-state index >= 15 is 0 Å². The second kappa shape index (κ2) is 7.42. The van der Waals surface area contributed by atoms with Crippen molar-refractivity contribution < 1.29 is 0 Å². The average Bonchev–Trinajstić information content (AvgIpc) is 2.47. The normalized spacial score (nSPS) is 18.3. The Morgan fingerprint density at radius 1 is 1.48 bits per heavy atom. The first-order chi connectivity index (χ1) is 10.2. The SMILES string of the molecule is CCCN(CC1CCCNC1)c1cc(C)nc(C)c1C#N. The highest BCUT2D eigenvalue weighted by molar-refractivity contribution is 5.61. The van der Waals surface area contributed by atoms with Crippen LogP contribution in [-0.2, 0) is 0 Å². The molecule has 0 bridgehead atoms. The van der Waals surface area contributed by atoms with Gasteiger partial charge in [-0.05, 0) is 58.2 Å². The van der Waals surface area contributed by atoms with Crippen molar-refractivity contribution in [1.29, 1.82) is 5.26 Å². The summed E-state index contributed by atoms with van der Waals surface area (Å²) in [4.78, 5) is 6.82. The molecule has 0 saturated carbocycles. The summed E-state index contributed by atoms with van der Waals surface area (Å²) in [5.41, 5.74) is 3.63. The molecule has 1 aliphatic rings. The van der Waals surface area contributed by atoms with Crippen LogP contribution in [0.5, 0.6) is 0 Å². The standard InChI is InChI=1S/C17H26N4/c1-4-8-21(12-15-6-5-7-19-11-15)17-9-13(2)20-14(3)16(17)10-18/h9,15,19H,4-8,11-12H2,1-3H3. The Kier molecular flexibility index (Phi) is 5.58. The van der Waals surface area contributed by atoms with Gasteiger partial charge in [0.1, 0.15) is 6.07 Å². The Labute approximate surface area is 128 Å². The van der Waals surface area contributed by atoms with Crippen molar-refractivity contribution in [2.75, 3.05) is 31.1 Å². The summed E-state index contributed by atoms with van der Waals surface area (Å²) < 4.78 is 0. The Bertz CT molecular complexity index is 512. The number of pyridine rings is 1. The molecule has 1 aromatic heterocycles. The van der Waals surface area contributed by atoms with Gasteiger partial charge in [-0.1, -0.05) is 6.92 Å². The van der Waals surface area contributed by atoms with Gasteiger partial charge in [0.2, 0.25) is 0 Å². The fraction of sp³-hybridized carbons (Fsp3) is 0.647. The van der Waals surface area contributed by atoms with E-state index in [0.29, 0.717) is 5.92 Å². The molecule has 0 amide bonds. The zero-order valence-corrected chi connectivity index (χ0v) is 13.4. The molecule has 114 valence electrons. The van der Waals surface area contributed by atoms with Crippen LogP contribution in [0.2, 0.25) is 0 Å². The first kappa shape index (κ1) is 15.8. The molecule has 4 heteroatoms. The molecule has 1 saturated heterocycles. The molecule has 21 heavy (non-hydrogen) atoms. The zero-order valence-electron chi connectivity index (χ0n) is 13.4. The molecule has 0 radical (unpaired) electrons. The number of anilines is 1.